The van der Waals surface area contributed by atoms with E-state index in [1.54, 1.807) is 0 Å². The lowest BCUT2D eigenvalue weighted by molar-refractivity contribution is 0.0859. The molecule has 0 saturated heterocycles. The van der Waals surface area contributed by atoms with Crippen molar-refractivity contribution in [3.8, 4) is 0 Å². The summed E-state index contributed by atoms with van der Waals surface area (Å²) in [5, 5.41) is 7.86. The topological polar surface area (TPSA) is 110 Å². The fraction of sp³-hybridized carbons (Fsp3) is 0.500. The van der Waals surface area contributed by atoms with Crippen molar-refractivity contribution >= 4 is 27.4 Å². The summed E-state index contributed by atoms with van der Waals surface area (Å²) in [6.45, 7) is 5.37. The second-order valence-corrected chi connectivity index (χ2v) is 9.89. The molecule has 0 bridgehead atoms. The van der Waals surface area contributed by atoms with Crippen LogP contribution in [0.4, 0.5) is 11.5 Å². The Morgan fingerprint density at radius 3 is 2.83 bits per heavy atom. The first-order chi connectivity index (χ1) is 13.7. The molecule has 1 aromatic heterocycles. The van der Waals surface area contributed by atoms with Gasteiger partial charge in [0.2, 0.25) is 10.0 Å². The van der Waals surface area contributed by atoms with Gasteiger partial charge in [0.25, 0.3) is 5.91 Å². The number of sulfonamides is 1. The van der Waals surface area contributed by atoms with Crippen molar-refractivity contribution in [2.24, 2.45) is 0 Å². The van der Waals surface area contributed by atoms with Gasteiger partial charge in [-0.2, -0.15) is 14.1 Å². The van der Waals surface area contributed by atoms with Crippen LogP contribution in [0, 0.1) is 6.92 Å². The van der Waals surface area contributed by atoms with Crippen molar-refractivity contribution < 1.29 is 13.2 Å². The number of carbonyl (C=O) groups excluding carboxylic acids is 1. The molecule has 0 unspecified atom stereocenters. The van der Waals surface area contributed by atoms with E-state index in [0.29, 0.717) is 37.4 Å². The summed E-state index contributed by atoms with van der Waals surface area (Å²) in [6.07, 6.45) is 3.21. The average molecular weight is 418 g/mol. The lowest BCUT2D eigenvalue weighted by atomic mass is 9.86. The summed E-state index contributed by atoms with van der Waals surface area (Å²) in [7, 11) is -3.32. The minimum absolute atomic E-state index is 0.153. The first kappa shape index (κ1) is 19.9. The van der Waals surface area contributed by atoms with Gasteiger partial charge >= 0.3 is 0 Å². The van der Waals surface area contributed by atoms with Crippen LogP contribution < -0.4 is 11.1 Å². The Balaban J connectivity index is 1.71. The summed E-state index contributed by atoms with van der Waals surface area (Å²) >= 11 is 0. The van der Waals surface area contributed by atoms with Crippen molar-refractivity contribution in [1.29, 1.82) is 0 Å². The Morgan fingerprint density at radius 2 is 2.14 bits per heavy atom. The molecule has 29 heavy (non-hydrogen) atoms. The number of carbonyl (C=O) groups is 1. The molecule has 1 aromatic carbocycles. The van der Waals surface area contributed by atoms with Gasteiger partial charge in [0.1, 0.15) is 5.82 Å². The maximum atomic E-state index is 13.5. The molecule has 0 spiro atoms. The molecule has 2 aliphatic rings. The molecule has 0 amide bonds. The molecule has 156 valence electrons. The van der Waals surface area contributed by atoms with E-state index in [4.69, 9.17) is 5.73 Å². The molecule has 2 aliphatic heterocycles. The molecule has 8 nitrogen and oxygen atoms in total. The monoisotopic (exact) mass is 417 g/mol. The number of anilines is 2. The van der Waals surface area contributed by atoms with Crippen LogP contribution in [0.2, 0.25) is 0 Å². The summed E-state index contributed by atoms with van der Waals surface area (Å²) in [6, 6.07) is 4.25. The minimum atomic E-state index is -3.32. The fourth-order valence-electron chi connectivity index (χ4n) is 4.36. The number of aromatic nitrogens is 2. The number of hydrogen-bond acceptors (Lipinski definition) is 6. The molecule has 3 N–H and O–H groups in total. The van der Waals surface area contributed by atoms with E-state index >= 15 is 0 Å². The summed E-state index contributed by atoms with van der Waals surface area (Å²) in [5.41, 5.74) is 12.0. The SMILES string of the molecule is CCc1cc(C)c2c(c1)[C@H](C(=O)n1nc3c(c1N)CCN(S(C)(=O)=O)C3)CCN2. The quantitative estimate of drug-likeness (QED) is 0.789. The zero-order valence-corrected chi connectivity index (χ0v) is 17.8. The van der Waals surface area contributed by atoms with Gasteiger partial charge in [0, 0.05) is 24.3 Å². The average Bonchev–Trinajstić information content (AvgIpc) is 3.02. The highest BCUT2D eigenvalue weighted by atomic mass is 32.2. The minimum Gasteiger partial charge on any atom is -0.385 e. The zero-order chi connectivity index (χ0) is 20.9. The molecular formula is C20H27N5O3S. The van der Waals surface area contributed by atoms with Crippen LogP contribution in [0.25, 0.3) is 0 Å². The van der Waals surface area contributed by atoms with E-state index in [1.807, 2.05) is 0 Å². The molecular weight excluding hydrogens is 390 g/mol. The normalized spacial score (nSPS) is 19.3. The number of nitrogens with two attached hydrogens (primary N) is 1. The zero-order valence-electron chi connectivity index (χ0n) is 17.0. The Bertz CT molecular complexity index is 1090. The molecule has 9 heteroatoms. The number of aryl methyl sites for hydroxylation is 2. The number of nitrogens with one attached hydrogen (secondary N) is 1. The largest absolute Gasteiger partial charge is 0.385 e. The first-order valence-corrected chi connectivity index (χ1v) is 11.8. The van der Waals surface area contributed by atoms with Crippen molar-refractivity contribution in [2.45, 2.75) is 45.6 Å². The van der Waals surface area contributed by atoms with E-state index in [2.05, 4.69) is 36.4 Å². The Labute approximate surface area is 171 Å². The smallest absolute Gasteiger partial charge is 0.256 e. The van der Waals surface area contributed by atoms with E-state index in [9.17, 15) is 13.2 Å². The molecule has 0 aliphatic carbocycles. The van der Waals surface area contributed by atoms with Crippen molar-refractivity contribution in [1.82, 2.24) is 14.1 Å². The summed E-state index contributed by atoms with van der Waals surface area (Å²) < 4.78 is 26.4. The third kappa shape index (κ3) is 3.42. The number of rotatable bonds is 3. The molecule has 2 aromatic rings. The molecule has 4 rings (SSSR count). The van der Waals surface area contributed by atoms with Crippen LogP contribution in [0.1, 0.15) is 52.0 Å². The predicted octanol–water partition coefficient (Wildman–Crippen LogP) is 1.89. The lowest BCUT2D eigenvalue weighted by Gasteiger charge is -2.28. The number of hydrogen-bond donors (Lipinski definition) is 2. The van der Waals surface area contributed by atoms with Gasteiger partial charge in [0.15, 0.2) is 0 Å². The third-order valence-electron chi connectivity index (χ3n) is 5.96. The lowest BCUT2D eigenvalue weighted by Crippen LogP contribution is -2.35. The predicted molar refractivity (Wildman–Crippen MR) is 113 cm³/mol. The Hall–Kier alpha value is -2.39. The molecule has 1 atom stereocenters. The Kier molecular flexibility index (Phi) is 4.90. The third-order valence-corrected chi connectivity index (χ3v) is 7.21. The van der Waals surface area contributed by atoms with Crippen LogP contribution in [0.3, 0.4) is 0 Å². The van der Waals surface area contributed by atoms with Gasteiger partial charge in [-0.15, -0.1) is 0 Å². The second kappa shape index (κ2) is 7.14. The van der Waals surface area contributed by atoms with Crippen LogP contribution in [-0.2, 0) is 29.4 Å². The van der Waals surface area contributed by atoms with Gasteiger partial charge in [-0.25, -0.2) is 8.42 Å². The van der Waals surface area contributed by atoms with Gasteiger partial charge in [0.05, 0.1) is 24.4 Å². The second-order valence-electron chi connectivity index (χ2n) is 7.91. The van der Waals surface area contributed by atoms with E-state index in [-0.39, 0.29) is 18.4 Å². The van der Waals surface area contributed by atoms with E-state index in [0.717, 1.165) is 28.8 Å². The standard InChI is InChI=1S/C20H27N5O3S/c1-4-13-9-12(2)18-16(10-13)14(5-7-22-18)20(26)25-19(21)15-6-8-24(29(3,27)28)11-17(15)23-25/h9-10,14,22H,4-8,11,21H2,1-3H3/t14-/m1/s1. The summed E-state index contributed by atoms with van der Waals surface area (Å²) in [5.74, 6) is -0.147. The first-order valence-electron chi connectivity index (χ1n) is 9.93. The number of benzene rings is 1. The van der Waals surface area contributed by atoms with Crippen molar-refractivity contribution in [2.75, 3.05) is 30.4 Å². The van der Waals surface area contributed by atoms with Crippen molar-refractivity contribution in [3.63, 3.8) is 0 Å². The number of nitrogen functional groups attached to an aromatic ring is 1. The van der Waals surface area contributed by atoms with E-state index < -0.39 is 10.0 Å². The van der Waals surface area contributed by atoms with Gasteiger partial charge in [-0.3, -0.25) is 4.79 Å². The Morgan fingerprint density at radius 1 is 1.38 bits per heavy atom. The van der Waals surface area contributed by atoms with Crippen LogP contribution in [0.15, 0.2) is 12.1 Å². The number of fused-ring (bicyclic) bond motifs is 2. The highest BCUT2D eigenvalue weighted by Crippen LogP contribution is 2.37. The van der Waals surface area contributed by atoms with Crippen LogP contribution in [-0.4, -0.2) is 47.8 Å². The molecule has 0 fully saturated rings. The highest BCUT2D eigenvalue weighted by Gasteiger charge is 2.34. The maximum Gasteiger partial charge on any atom is 0.256 e. The molecule has 0 saturated carbocycles. The van der Waals surface area contributed by atoms with Gasteiger partial charge in [-0.1, -0.05) is 19.1 Å². The van der Waals surface area contributed by atoms with Crippen LogP contribution in [0.5, 0.6) is 0 Å². The van der Waals surface area contributed by atoms with Crippen LogP contribution >= 0.6 is 0 Å². The fourth-order valence-corrected chi connectivity index (χ4v) is 5.14. The number of nitrogens with zero attached hydrogens (tertiary/aromatic N) is 3. The summed E-state index contributed by atoms with van der Waals surface area (Å²) in [4.78, 5) is 13.5. The molecule has 0 radical (unpaired) electrons. The van der Waals surface area contributed by atoms with E-state index in [1.165, 1.54) is 20.8 Å². The maximum absolute atomic E-state index is 13.5. The molecule has 3 heterocycles. The van der Waals surface area contributed by atoms with Gasteiger partial charge in [-0.05, 0) is 42.9 Å². The van der Waals surface area contributed by atoms with Crippen molar-refractivity contribution in [3.05, 3.63) is 40.1 Å². The van der Waals surface area contributed by atoms with Gasteiger partial charge < -0.3 is 11.1 Å². The highest BCUT2D eigenvalue weighted by molar-refractivity contribution is 7.88.